The molecule has 1 atom stereocenters. The SMILES string of the molecule is CCOCCCN1CC(C)(CC)NCC1(C)C. The second-order valence-electron chi connectivity index (χ2n) is 6.05. The van der Waals surface area contributed by atoms with Crippen LogP contribution in [0.5, 0.6) is 0 Å². The minimum atomic E-state index is 0.265. The molecule has 1 aliphatic rings. The first-order valence-corrected chi connectivity index (χ1v) is 7.01. The van der Waals surface area contributed by atoms with Crippen molar-refractivity contribution in [3.05, 3.63) is 0 Å². The van der Waals surface area contributed by atoms with E-state index in [1.807, 2.05) is 0 Å². The highest BCUT2D eigenvalue weighted by molar-refractivity contribution is 4.98. The van der Waals surface area contributed by atoms with Gasteiger partial charge in [-0.25, -0.2) is 0 Å². The maximum absolute atomic E-state index is 5.43. The van der Waals surface area contributed by atoms with Crippen molar-refractivity contribution in [2.45, 2.75) is 58.5 Å². The summed E-state index contributed by atoms with van der Waals surface area (Å²) >= 11 is 0. The molecule has 0 bridgehead atoms. The number of piperazine rings is 1. The summed E-state index contributed by atoms with van der Waals surface area (Å²) in [5, 5.41) is 3.69. The van der Waals surface area contributed by atoms with E-state index < -0.39 is 0 Å². The van der Waals surface area contributed by atoms with E-state index in [-0.39, 0.29) is 11.1 Å². The minimum Gasteiger partial charge on any atom is -0.382 e. The van der Waals surface area contributed by atoms with Gasteiger partial charge in [0.05, 0.1) is 0 Å². The largest absolute Gasteiger partial charge is 0.382 e. The molecule has 1 aliphatic heterocycles. The zero-order valence-corrected chi connectivity index (χ0v) is 12.3. The molecule has 1 unspecified atom stereocenters. The topological polar surface area (TPSA) is 24.5 Å². The molecule has 1 heterocycles. The average Bonchev–Trinajstić information content (AvgIpc) is 2.30. The Morgan fingerprint density at radius 1 is 1.24 bits per heavy atom. The van der Waals surface area contributed by atoms with Crippen molar-refractivity contribution in [3.63, 3.8) is 0 Å². The minimum absolute atomic E-state index is 0.265. The van der Waals surface area contributed by atoms with Gasteiger partial charge in [-0.3, -0.25) is 4.90 Å². The van der Waals surface area contributed by atoms with Gasteiger partial charge in [0.15, 0.2) is 0 Å². The van der Waals surface area contributed by atoms with Crippen LogP contribution < -0.4 is 5.32 Å². The van der Waals surface area contributed by atoms with E-state index in [0.29, 0.717) is 0 Å². The van der Waals surface area contributed by atoms with Crippen LogP contribution in [0.25, 0.3) is 0 Å². The van der Waals surface area contributed by atoms with Crippen LogP contribution >= 0.6 is 0 Å². The summed E-state index contributed by atoms with van der Waals surface area (Å²) in [6.07, 6.45) is 2.32. The molecule has 1 rings (SSSR count). The third kappa shape index (κ3) is 4.23. The van der Waals surface area contributed by atoms with Crippen LogP contribution in [0.4, 0.5) is 0 Å². The van der Waals surface area contributed by atoms with E-state index >= 15 is 0 Å². The average molecular weight is 242 g/mol. The van der Waals surface area contributed by atoms with E-state index in [1.165, 1.54) is 6.42 Å². The Hall–Kier alpha value is -0.120. The molecule has 0 spiro atoms. The van der Waals surface area contributed by atoms with E-state index in [1.54, 1.807) is 0 Å². The molecule has 17 heavy (non-hydrogen) atoms. The van der Waals surface area contributed by atoms with Crippen molar-refractivity contribution in [2.24, 2.45) is 0 Å². The summed E-state index contributed by atoms with van der Waals surface area (Å²) in [7, 11) is 0. The van der Waals surface area contributed by atoms with Gasteiger partial charge in [0, 0.05) is 43.9 Å². The van der Waals surface area contributed by atoms with Gasteiger partial charge in [0.2, 0.25) is 0 Å². The fourth-order valence-corrected chi connectivity index (χ4v) is 2.35. The van der Waals surface area contributed by atoms with Crippen molar-refractivity contribution in [1.29, 1.82) is 0 Å². The Kier molecular flexibility index (Phi) is 5.42. The number of hydrogen-bond donors (Lipinski definition) is 1. The lowest BCUT2D eigenvalue weighted by molar-refractivity contribution is 0.0228. The second kappa shape index (κ2) is 6.17. The van der Waals surface area contributed by atoms with E-state index in [4.69, 9.17) is 4.74 Å². The molecule has 0 aromatic carbocycles. The fourth-order valence-electron chi connectivity index (χ4n) is 2.35. The second-order valence-corrected chi connectivity index (χ2v) is 6.05. The molecule has 0 saturated carbocycles. The standard InChI is InChI=1S/C14H30N2O/c1-6-14(5)12-16(9-8-10-17-7-2)13(3,4)11-15-14/h15H,6-12H2,1-5H3. The van der Waals surface area contributed by atoms with Crippen molar-refractivity contribution >= 4 is 0 Å². The van der Waals surface area contributed by atoms with Crippen LogP contribution in [0.1, 0.15) is 47.5 Å². The predicted molar refractivity (Wildman–Crippen MR) is 73.5 cm³/mol. The van der Waals surface area contributed by atoms with Gasteiger partial charge in [0.25, 0.3) is 0 Å². The molecule has 0 amide bonds. The first kappa shape index (κ1) is 14.9. The molecular weight excluding hydrogens is 212 g/mol. The molecule has 102 valence electrons. The normalized spacial score (nSPS) is 29.5. The van der Waals surface area contributed by atoms with Crippen LogP contribution in [0.2, 0.25) is 0 Å². The predicted octanol–water partition coefficient (Wildman–Crippen LogP) is 2.27. The van der Waals surface area contributed by atoms with Gasteiger partial charge < -0.3 is 10.1 Å². The molecule has 0 aromatic rings. The molecule has 1 N–H and O–H groups in total. The van der Waals surface area contributed by atoms with Crippen LogP contribution in [-0.4, -0.2) is 48.8 Å². The molecule has 3 heteroatoms. The zero-order valence-electron chi connectivity index (χ0n) is 12.3. The molecule has 3 nitrogen and oxygen atoms in total. The summed E-state index contributed by atoms with van der Waals surface area (Å²) in [6.45, 7) is 16.4. The van der Waals surface area contributed by atoms with Crippen molar-refractivity contribution in [1.82, 2.24) is 10.2 Å². The number of ether oxygens (including phenoxy) is 1. The molecule has 0 aromatic heterocycles. The van der Waals surface area contributed by atoms with Crippen LogP contribution in [-0.2, 0) is 4.74 Å². The molecule has 0 radical (unpaired) electrons. The zero-order chi connectivity index (χ0) is 12.9. The van der Waals surface area contributed by atoms with E-state index in [9.17, 15) is 0 Å². The van der Waals surface area contributed by atoms with Crippen LogP contribution in [0.3, 0.4) is 0 Å². The fraction of sp³-hybridized carbons (Fsp3) is 1.00. The summed E-state index contributed by atoms with van der Waals surface area (Å²) in [6, 6.07) is 0. The first-order chi connectivity index (χ1) is 7.93. The third-order valence-electron chi connectivity index (χ3n) is 4.04. The van der Waals surface area contributed by atoms with Crippen LogP contribution in [0.15, 0.2) is 0 Å². The lowest BCUT2D eigenvalue weighted by Gasteiger charge is -2.50. The maximum atomic E-state index is 5.43. The van der Waals surface area contributed by atoms with Crippen molar-refractivity contribution < 1.29 is 4.74 Å². The summed E-state index contributed by atoms with van der Waals surface area (Å²) in [5.74, 6) is 0. The Morgan fingerprint density at radius 2 is 1.94 bits per heavy atom. The third-order valence-corrected chi connectivity index (χ3v) is 4.04. The number of nitrogens with one attached hydrogen (secondary N) is 1. The Labute approximate surface area is 107 Å². The number of hydrogen-bond acceptors (Lipinski definition) is 3. The molecule has 0 aliphatic carbocycles. The number of nitrogens with zero attached hydrogens (tertiary/aromatic N) is 1. The lowest BCUT2D eigenvalue weighted by atomic mass is 9.88. The smallest absolute Gasteiger partial charge is 0.0478 e. The van der Waals surface area contributed by atoms with E-state index in [2.05, 4.69) is 44.8 Å². The summed E-state index contributed by atoms with van der Waals surface area (Å²) < 4.78 is 5.43. The Bertz CT molecular complexity index is 230. The highest BCUT2D eigenvalue weighted by atomic mass is 16.5. The molecule has 1 fully saturated rings. The highest BCUT2D eigenvalue weighted by Crippen LogP contribution is 2.25. The van der Waals surface area contributed by atoms with Gasteiger partial charge in [-0.2, -0.15) is 0 Å². The Morgan fingerprint density at radius 3 is 2.53 bits per heavy atom. The van der Waals surface area contributed by atoms with Gasteiger partial charge in [0.1, 0.15) is 0 Å². The first-order valence-electron chi connectivity index (χ1n) is 7.01. The van der Waals surface area contributed by atoms with Gasteiger partial charge in [-0.15, -0.1) is 0 Å². The highest BCUT2D eigenvalue weighted by Gasteiger charge is 2.38. The summed E-state index contributed by atoms with van der Waals surface area (Å²) in [5.41, 5.74) is 0.544. The van der Waals surface area contributed by atoms with E-state index in [0.717, 1.165) is 39.3 Å². The van der Waals surface area contributed by atoms with Gasteiger partial charge >= 0.3 is 0 Å². The van der Waals surface area contributed by atoms with Crippen molar-refractivity contribution in [3.8, 4) is 0 Å². The molecular formula is C14H30N2O. The lowest BCUT2D eigenvalue weighted by Crippen LogP contribution is -2.67. The van der Waals surface area contributed by atoms with Crippen molar-refractivity contribution in [2.75, 3.05) is 32.8 Å². The molecule has 1 saturated heterocycles. The monoisotopic (exact) mass is 242 g/mol. The van der Waals surface area contributed by atoms with Gasteiger partial charge in [-0.05, 0) is 40.5 Å². The number of rotatable bonds is 6. The Balaban J connectivity index is 2.47. The maximum Gasteiger partial charge on any atom is 0.0478 e. The van der Waals surface area contributed by atoms with Gasteiger partial charge in [-0.1, -0.05) is 6.92 Å². The van der Waals surface area contributed by atoms with Crippen LogP contribution in [0, 0.1) is 0 Å². The quantitative estimate of drug-likeness (QED) is 0.723. The summed E-state index contributed by atoms with van der Waals surface area (Å²) in [4.78, 5) is 2.62.